The number of nitrogens with zero attached hydrogens (tertiary/aromatic N) is 2. The Bertz CT molecular complexity index is 848. The molecule has 0 aliphatic carbocycles. The number of aromatic nitrogens is 2. The predicted octanol–water partition coefficient (Wildman–Crippen LogP) is 4.60. The fraction of sp³-hybridized carbons (Fsp3) is 0.0714. The molecule has 0 N–H and O–H groups in total. The first-order valence-electron chi connectivity index (χ1n) is 5.91. The Balaban J connectivity index is 2.15. The van der Waals surface area contributed by atoms with Gasteiger partial charge >= 0.3 is 0 Å². The van der Waals surface area contributed by atoms with Gasteiger partial charge in [0.25, 0.3) is 0 Å². The van der Waals surface area contributed by atoms with E-state index in [1.165, 1.54) is 0 Å². The molecule has 0 saturated carbocycles. The summed E-state index contributed by atoms with van der Waals surface area (Å²) in [7, 11) is 0. The van der Waals surface area contributed by atoms with E-state index in [4.69, 9.17) is 11.6 Å². The van der Waals surface area contributed by atoms with Crippen molar-refractivity contribution in [3.05, 3.63) is 68.0 Å². The normalized spacial score (nSPS) is 11.3. The molecule has 3 aromatic rings. The molecular formula is C14H7ClF3IN2. The van der Waals surface area contributed by atoms with E-state index in [0.717, 1.165) is 17.6 Å². The summed E-state index contributed by atoms with van der Waals surface area (Å²) in [6, 6.07) is 5.13. The first-order chi connectivity index (χ1) is 9.97. The SMILES string of the molecule is Fc1ccc(F)c(Cc2nc(I)c3ccc(Cl)cn23)c1F. The molecule has 3 rings (SSSR count). The second-order valence-electron chi connectivity index (χ2n) is 4.42. The standard InChI is InChI=1S/C14H7ClF3IN2/c15-7-1-4-11-14(19)20-12(21(11)6-7)5-8-9(16)2-3-10(17)13(8)18/h1-4,6H,5H2. The van der Waals surface area contributed by atoms with Gasteiger partial charge in [-0.2, -0.15) is 0 Å². The summed E-state index contributed by atoms with van der Waals surface area (Å²) in [6.07, 6.45) is 1.44. The third-order valence-corrected chi connectivity index (χ3v) is 4.12. The van der Waals surface area contributed by atoms with Gasteiger partial charge in [0.2, 0.25) is 0 Å². The maximum absolute atomic E-state index is 13.8. The zero-order valence-corrected chi connectivity index (χ0v) is 13.3. The Labute approximate surface area is 136 Å². The van der Waals surface area contributed by atoms with Gasteiger partial charge in [-0.3, -0.25) is 0 Å². The van der Waals surface area contributed by atoms with E-state index in [0.29, 0.717) is 14.5 Å². The molecule has 0 atom stereocenters. The lowest BCUT2D eigenvalue weighted by Crippen LogP contribution is -2.03. The molecule has 2 nitrogen and oxygen atoms in total. The molecule has 0 aliphatic heterocycles. The van der Waals surface area contributed by atoms with Gasteiger partial charge in [0.05, 0.1) is 10.5 Å². The smallest absolute Gasteiger partial charge is 0.165 e. The number of fused-ring (bicyclic) bond motifs is 1. The summed E-state index contributed by atoms with van der Waals surface area (Å²) in [5.41, 5.74) is 0.422. The van der Waals surface area contributed by atoms with E-state index < -0.39 is 17.5 Å². The highest BCUT2D eigenvalue weighted by atomic mass is 127. The van der Waals surface area contributed by atoms with Gasteiger partial charge in [0.15, 0.2) is 11.6 Å². The van der Waals surface area contributed by atoms with E-state index in [1.54, 1.807) is 22.7 Å². The van der Waals surface area contributed by atoms with E-state index in [-0.39, 0.29) is 12.0 Å². The van der Waals surface area contributed by atoms with Gasteiger partial charge in [-0.05, 0) is 46.9 Å². The van der Waals surface area contributed by atoms with E-state index in [2.05, 4.69) is 4.98 Å². The minimum absolute atomic E-state index is 0.167. The summed E-state index contributed by atoms with van der Waals surface area (Å²) in [5.74, 6) is -2.69. The van der Waals surface area contributed by atoms with Crippen LogP contribution in [0.25, 0.3) is 5.52 Å². The average Bonchev–Trinajstić information content (AvgIpc) is 2.75. The van der Waals surface area contributed by atoms with Crippen LogP contribution in [0.1, 0.15) is 11.4 Å². The summed E-state index contributed by atoms with van der Waals surface area (Å²) >= 11 is 7.95. The van der Waals surface area contributed by atoms with Crippen LogP contribution in [0.15, 0.2) is 30.5 Å². The van der Waals surface area contributed by atoms with Crippen molar-refractivity contribution in [2.45, 2.75) is 6.42 Å². The fourth-order valence-electron chi connectivity index (χ4n) is 2.09. The number of hydrogen-bond acceptors (Lipinski definition) is 1. The summed E-state index contributed by atoms with van der Waals surface area (Å²) in [4.78, 5) is 4.27. The van der Waals surface area contributed by atoms with Crippen molar-refractivity contribution < 1.29 is 13.2 Å². The first kappa shape index (κ1) is 14.6. The second-order valence-corrected chi connectivity index (χ2v) is 5.88. The Morgan fingerprint density at radius 1 is 1.10 bits per heavy atom. The Hall–Kier alpha value is -1.28. The molecule has 0 bridgehead atoms. The van der Waals surface area contributed by atoms with Gasteiger partial charge in [0.1, 0.15) is 15.3 Å². The van der Waals surface area contributed by atoms with Crippen molar-refractivity contribution >= 4 is 39.7 Å². The van der Waals surface area contributed by atoms with Crippen molar-refractivity contribution in [2.24, 2.45) is 0 Å². The number of pyridine rings is 1. The zero-order chi connectivity index (χ0) is 15.1. The lowest BCUT2D eigenvalue weighted by molar-refractivity contribution is 0.481. The molecule has 108 valence electrons. The third-order valence-electron chi connectivity index (χ3n) is 3.10. The second kappa shape index (κ2) is 5.49. The maximum atomic E-state index is 13.8. The van der Waals surface area contributed by atoms with Crippen LogP contribution in [0, 0.1) is 21.2 Å². The number of halogens is 5. The lowest BCUT2D eigenvalue weighted by Gasteiger charge is -2.06. The van der Waals surface area contributed by atoms with E-state index in [9.17, 15) is 13.2 Å². The summed E-state index contributed by atoms with van der Waals surface area (Å²) in [5, 5.41) is 0.470. The molecule has 21 heavy (non-hydrogen) atoms. The van der Waals surface area contributed by atoms with Crippen LogP contribution in [0.5, 0.6) is 0 Å². The van der Waals surface area contributed by atoms with Crippen molar-refractivity contribution in [1.29, 1.82) is 0 Å². The van der Waals surface area contributed by atoms with Crippen molar-refractivity contribution in [3.8, 4) is 0 Å². The summed E-state index contributed by atoms with van der Waals surface area (Å²) < 4.78 is 43.1. The van der Waals surface area contributed by atoms with Crippen LogP contribution in [0.3, 0.4) is 0 Å². The Kier molecular flexibility index (Phi) is 3.83. The van der Waals surface area contributed by atoms with Crippen LogP contribution in [-0.2, 0) is 6.42 Å². The number of benzene rings is 1. The van der Waals surface area contributed by atoms with Crippen molar-refractivity contribution in [1.82, 2.24) is 9.38 Å². The van der Waals surface area contributed by atoms with E-state index in [1.807, 2.05) is 22.6 Å². The number of hydrogen-bond donors (Lipinski definition) is 0. The fourth-order valence-corrected chi connectivity index (χ4v) is 2.97. The molecule has 1 aromatic carbocycles. The topological polar surface area (TPSA) is 17.3 Å². The molecule has 2 heterocycles. The molecule has 0 radical (unpaired) electrons. The first-order valence-corrected chi connectivity index (χ1v) is 7.37. The van der Waals surface area contributed by atoms with Gasteiger partial charge < -0.3 is 4.40 Å². The van der Waals surface area contributed by atoms with Gasteiger partial charge in [-0.15, -0.1) is 0 Å². The number of rotatable bonds is 2. The maximum Gasteiger partial charge on any atom is 0.165 e. The molecule has 0 amide bonds. The number of imidazole rings is 1. The van der Waals surface area contributed by atoms with Crippen molar-refractivity contribution in [2.75, 3.05) is 0 Å². The summed E-state index contributed by atoms with van der Waals surface area (Å²) in [6.45, 7) is 0. The molecule has 7 heteroatoms. The molecule has 0 aliphatic rings. The molecular weight excluding hydrogens is 416 g/mol. The monoisotopic (exact) mass is 422 g/mol. The minimum Gasteiger partial charge on any atom is -0.301 e. The van der Waals surface area contributed by atoms with Crippen LogP contribution in [0.4, 0.5) is 13.2 Å². The molecule has 0 unspecified atom stereocenters. The zero-order valence-electron chi connectivity index (χ0n) is 10.4. The van der Waals surface area contributed by atoms with Crippen LogP contribution < -0.4 is 0 Å². The average molecular weight is 423 g/mol. The lowest BCUT2D eigenvalue weighted by atomic mass is 10.1. The van der Waals surface area contributed by atoms with E-state index >= 15 is 0 Å². The quantitative estimate of drug-likeness (QED) is 0.436. The molecule has 0 spiro atoms. The van der Waals surface area contributed by atoms with Gasteiger partial charge in [-0.25, -0.2) is 18.2 Å². The molecule has 2 aromatic heterocycles. The molecule has 0 fully saturated rings. The van der Waals surface area contributed by atoms with Crippen LogP contribution in [-0.4, -0.2) is 9.38 Å². The molecule has 0 saturated heterocycles. The Morgan fingerprint density at radius 2 is 1.81 bits per heavy atom. The van der Waals surface area contributed by atoms with Crippen molar-refractivity contribution in [3.63, 3.8) is 0 Å². The van der Waals surface area contributed by atoms with Gasteiger partial charge in [0, 0.05) is 18.2 Å². The predicted molar refractivity (Wildman–Crippen MR) is 82.0 cm³/mol. The largest absolute Gasteiger partial charge is 0.301 e. The highest BCUT2D eigenvalue weighted by Crippen LogP contribution is 2.23. The highest BCUT2D eigenvalue weighted by molar-refractivity contribution is 14.1. The Morgan fingerprint density at radius 3 is 2.57 bits per heavy atom. The minimum atomic E-state index is -1.19. The van der Waals surface area contributed by atoms with Crippen LogP contribution in [0.2, 0.25) is 5.02 Å². The third kappa shape index (κ3) is 2.62. The van der Waals surface area contributed by atoms with Crippen LogP contribution >= 0.6 is 34.2 Å². The highest BCUT2D eigenvalue weighted by Gasteiger charge is 2.18. The van der Waals surface area contributed by atoms with Gasteiger partial charge in [-0.1, -0.05) is 11.6 Å².